The highest BCUT2D eigenvalue weighted by atomic mass is 16.6. The topological polar surface area (TPSA) is 84.7 Å². The first-order valence-electron chi connectivity index (χ1n) is 9.70. The number of carbonyl (C=O) groups is 1. The van der Waals surface area contributed by atoms with Gasteiger partial charge in [-0.3, -0.25) is 14.9 Å². The van der Waals surface area contributed by atoms with E-state index in [-0.39, 0.29) is 11.3 Å². The Labute approximate surface area is 174 Å². The van der Waals surface area contributed by atoms with Crippen molar-refractivity contribution in [3.05, 3.63) is 88.5 Å². The number of nitro groups is 1. The molecule has 1 heterocycles. The van der Waals surface area contributed by atoms with Crippen LogP contribution in [0.3, 0.4) is 0 Å². The maximum absolute atomic E-state index is 12.8. The number of ether oxygens (including phenoxy) is 1. The zero-order valence-electron chi connectivity index (χ0n) is 16.3. The fourth-order valence-corrected chi connectivity index (χ4v) is 3.49. The van der Waals surface area contributed by atoms with E-state index in [1.165, 1.54) is 6.07 Å². The minimum atomic E-state index is -0.447. The third kappa shape index (κ3) is 4.31. The van der Waals surface area contributed by atoms with E-state index < -0.39 is 10.8 Å². The summed E-state index contributed by atoms with van der Waals surface area (Å²) in [7, 11) is 0. The van der Waals surface area contributed by atoms with Crippen LogP contribution in [-0.2, 0) is 4.74 Å². The van der Waals surface area contributed by atoms with Gasteiger partial charge in [-0.1, -0.05) is 42.5 Å². The van der Waals surface area contributed by atoms with Gasteiger partial charge in [0.25, 0.3) is 11.6 Å². The van der Waals surface area contributed by atoms with Gasteiger partial charge in [-0.15, -0.1) is 0 Å². The summed E-state index contributed by atoms with van der Waals surface area (Å²) in [5.41, 5.74) is 3.31. The summed E-state index contributed by atoms with van der Waals surface area (Å²) in [5.74, 6) is -0.392. The molecule has 0 spiro atoms. The molecular weight excluding hydrogens is 382 g/mol. The van der Waals surface area contributed by atoms with Crippen LogP contribution in [0.25, 0.3) is 11.1 Å². The summed E-state index contributed by atoms with van der Waals surface area (Å²) < 4.78 is 5.32. The molecule has 30 heavy (non-hydrogen) atoms. The first-order valence-corrected chi connectivity index (χ1v) is 9.70. The molecule has 4 rings (SSSR count). The van der Waals surface area contributed by atoms with Crippen molar-refractivity contribution in [3.63, 3.8) is 0 Å². The number of nitrogens with zero attached hydrogens (tertiary/aromatic N) is 2. The Balaban J connectivity index is 1.56. The van der Waals surface area contributed by atoms with E-state index in [4.69, 9.17) is 4.74 Å². The average Bonchev–Trinajstić information content (AvgIpc) is 2.80. The lowest BCUT2D eigenvalue weighted by Gasteiger charge is -2.28. The van der Waals surface area contributed by atoms with Gasteiger partial charge in [-0.25, -0.2) is 0 Å². The van der Waals surface area contributed by atoms with Crippen LogP contribution in [-0.4, -0.2) is 37.1 Å². The zero-order chi connectivity index (χ0) is 20.9. The van der Waals surface area contributed by atoms with Crippen LogP contribution in [0.5, 0.6) is 0 Å². The van der Waals surface area contributed by atoms with Crippen LogP contribution in [0.2, 0.25) is 0 Å². The Morgan fingerprint density at radius 1 is 0.933 bits per heavy atom. The Morgan fingerprint density at radius 3 is 2.40 bits per heavy atom. The van der Waals surface area contributed by atoms with Gasteiger partial charge in [0.05, 0.1) is 18.1 Å². The molecule has 1 amide bonds. The SMILES string of the molecule is O=C(Nc1cccc(-c2ccccc2)c1)c1ccc(N2CCOCC2)c([N+](=O)[O-])c1. The highest BCUT2D eigenvalue weighted by molar-refractivity contribution is 6.05. The molecule has 0 bridgehead atoms. The molecule has 3 aromatic carbocycles. The number of anilines is 2. The average molecular weight is 403 g/mol. The Morgan fingerprint density at radius 2 is 1.67 bits per heavy atom. The van der Waals surface area contributed by atoms with Gasteiger partial charge < -0.3 is 15.0 Å². The Kier molecular flexibility index (Phi) is 5.72. The number of rotatable bonds is 5. The van der Waals surface area contributed by atoms with Gasteiger partial charge in [0.1, 0.15) is 5.69 Å². The van der Waals surface area contributed by atoms with Crippen molar-refractivity contribution >= 4 is 23.0 Å². The second kappa shape index (κ2) is 8.75. The first kappa shape index (κ1) is 19.6. The fraction of sp³-hybridized carbons (Fsp3) is 0.174. The number of hydrogen-bond donors (Lipinski definition) is 1. The zero-order valence-corrected chi connectivity index (χ0v) is 16.3. The minimum absolute atomic E-state index is 0.0809. The molecule has 1 fully saturated rings. The molecule has 3 aromatic rings. The smallest absolute Gasteiger partial charge is 0.293 e. The van der Waals surface area contributed by atoms with Crippen molar-refractivity contribution in [1.82, 2.24) is 0 Å². The standard InChI is InChI=1S/C23H21N3O4/c27-23(24-20-8-4-7-18(15-20)17-5-2-1-3-6-17)19-9-10-21(22(16-19)26(28)29)25-11-13-30-14-12-25/h1-10,15-16H,11-14H2,(H,24,27). The van der Waals surface area contributed by atoms with E-state index in [2.05, 4.69) is 5.32 Å². The van der Waals surface area contributed by atoms with Crippen molar-refractivity contribution in [2.45, 2.75) is 0 Å². The highest BCUT2D eigenvalue weighted by Gasteiger charge is 2.23. The molecule has 152 valence electrons. The number of nitrogens with one attached hydrogen (secondary N) is 1. The molecular formula is C23H21N3O4. The number of hydrogen-bond acceptors (Lipinski definition) is 5. The van der Waals surface area contributed by atoms with Crippen LogP contribution in [0.15, 0.2) is 72.8 Å². The predicted molar refractivity (Wildman–Crippen MR) is 116 cm³/mol. The summed E-state index contributed by atoms with van der Waals surface area (Å²) in [6.45, 7) is 2.21. The molecule has 0 saturated carbocycles. The third-order valence-corrected chi connectivity index (χ3v) is 5.01. The monoisotopic (exact) mass is 403 g/mol. The molecule has 0 radical (unpaired) electrons. The lowest BCUT2D eigenvalue weighted by Crippen LogP contribution is -2.36. The summed E-state index contributed by atoms with van der Waals surface area (Å²) in [4.78, 5) is 25.8. The van der Waals surface area contributed by atoms with Crippen molar-refractivity contribution in [2.75, 3.05) is 36.5 Å². The normalized spacial score (nSPS) is 13.7. The Hall–Kier alpha value is -3.71. The van der Waals surface area contributed by atoms with E-state index >= 15 is 0 Å². The second-order valence-electron chi connectivity index (χ2n) is 6.96. The molecule has 7 heteroatoms. The maximum atomic E-state index is 12.8. The summed E-state index contributed by atoms with van der Waals surface area (Å²) in [5, 5.41) is 14.5. The van der Waals surface area contributed by atoms with E-state index in [9.17, 15) is 14.9 Å². The fourth-order valence-electron chi connectivity index (χ4n) is 3.49. The van der Waals surface area contributed by atoms with E-state index in [0.717, 1.165) is 11.1 Å². The van der Waals surface area contributed by atoms with Gasteiger partial charge in [-0.2, -0.15) is 0 Å². The number of benzene rings is 3. The molecule has 0 unspecified atom stereocenters. The molecule has 1 aliphatic rings. The summed E-state index contributed by atoms with van der Waals surface area (Å²) in [6, 6.07) is 21.9. The summed E-state index contributed by atoms with van der Waals surface area (Å²) >= 11 is 0. The van der Waals surface area contributed by atoms with Crippen molar-refractivity contribution < 1.29 is 14.5 Å². The number of morpholine rings is 1. The lowest BCUT2D eigenvalue weighted by atomic mass is 10.1. The van der Waals surface area contributed by atoms with Crippen LogP contribution < -0.4 is 10.2 Å². The second-order valence-corrected chi connectivity index (χ2v) is 6.96. The molecule has 1 saturated heterocycles. The van der Waals surface area contributed by atoms with Crippen LogP contribution >= 0.6 is 0 Å². The van der Waals surface area contributed by atoms with Crippen molar-refractivity contribution in [3.8, 4) is 11.1 Å². The molecule has 0 aromatic heterocycles. The molecule has 1 N–H and O–H groups in total. The van der Waals surface area contributed by atoms with Gasteiger partial charge in [-0.05, 0) is 35.4 Å². The van der Waals surface area contributed by atoms with Gasteiger partial charge in [0.2, 0.25) is 0 Å². The predicted octanol–water partition coefficient (Wildman–Crippen LogP) is 4.35. The van der Waals surface area contributed by atoms with Gasteiger partial charge in [0, 0.05) is 30.4 Å². The third-order valence-electron chi connectivity index (χ3n) is 5.01. The minimum Gasteiger partial charge on any atom is -0.378 e. The first-order chi connectivity index (χ1) is 14.6. The quantitative estimate of drug-likeness (QED) is 0.506. The van der Waals surface area contributed by atoms with Crippen molar-refractivity contribution in [1.29, 1.82) is 0 Å². The molecule has 0 aliphatic carbocycles. The maximum Gasteiger partial charge on any atom is 0.293 e. The number of carbonyl (C=O) groups excluding carboxylic acids is 1. The van der Waals surface area contributed by atoms with Gasteiger partial charge >= 0.3 is 0 Å². The van der Waals surface area contributed by atoms with Crippen LogP contribution in [0.1, 0.15) is 10.4 Å². The molecule has 7 nitrogen and oxygen atoms in total. The molecule has 1 aliphatic heterocycles. The van der Waals surface area contributed by atoms with Gasteiger partial charge in [0.15, 0.2) is 0 Å². The highest BCUT2D eigenvalue weighted by Crippen LogP contribution is 2.30. The Bertz CT molecular complexity index is 1060. The van der Waals surface area contributed by atoms with Crippen LogP contribution in [0.4, 0.5) is 17.1 Å². The van der Waals surface area contributed by atoms with Crippen LogP contribution in [0, 0.1) is 10.1 Å². The lowest BCUT2D eigenvalue weighted by molar-refractivity contribution is -0.384. The van der Waals surface area contributed by atoms with E-state index in [0.29, 0.717) is 37.7 Å². The largest absolute Gasteiger partial charge is 0.378 e. The van der Waals surface area contributed by atoms with Crippen molar-refractivity contribution in [2.24, 2.45) is 0 Å². The number of amides is 1. The number of nitro benzene ring substituents is 1. The van der Waals surface area contributed by atoms with E-state index in [1.807, 2.05) is 53.4 Å². The summed E-state index contributed by atoms with van der Waals surface area (Å²) in [6.07, 6.45) is 0. The molecule has 0 atom stereocenters. The van der Waals surface area contributed by atoms with E-state index in [1.54, 1.807) is 18.2 Å².